The van der Waals surface area contributed by atoms with Crippen molar-refractivity contribution in [3.05, 3.63) is 76.8 Å². The van der Waals surface area contributed by atoms with Crippen LogP contribution in [0.1, 0.15) is 15.9 Å². The Kier molecular flexibility index (Phi) is 5.66. The van der Waals surface area contributed by atoms with Gasteiger partial charge >= 0.3 is 0 Å². The number of hydrogen-bond acceptors (Lipinski definition) is 5. The standard InChI is InChI=1S/C19H17ClN4O2/c1-26-16-5-3-2-4-14(16)12-21-17-10-11-18(24-23-17)22-19(25)13-6-8-15(20)9-7-13/h2-11H,12H2,1H3,(H,21,23)(H,22,24,25). The van der Waals surface area contributed by atoms with Crippen molar-refractivity contribution >= 4 is 29.1 Å². The fourth-order valence-corrected chi connectivity index (χ4v) is 2.44. The lowest BCUT2D eigenvalue weighted by Gasteiger charge is -2.10. The fraction of sp³-hybridized carbons (Fsp3) is 0.105. The number of carbonyl (C=O) groups excluding carboxylic acids is 1. The molecule has 0 radical (unpaired) electrons. The van der Waals surface area contributed by atoms with Gasteiger partial charge in [-0.1, -0.05) is 29.8 Å². The second kappa shape index (κ2) is 8.31. The van der Waals surface area contributed by atoms with Gasteiger partial charge in [0.15, 0.2) is 5.82 Å². The molecule has 1 heterocycles. The third kappa shape index (κ3) is 4.49. The van der Waals surface area contributed by atoms with Crippen LogP contribution in [0.2, 0.25) is 5.02 Å². The number of methoxy groups -OCH3 is 1. The van der Waals surface area contributed by atoms with E-state index in [0.29, 0.717) is 28.8 Å². The Morgan fingerprint density at radius 2 is 1.69 bits per heavy atom. The van der Waals surface area contributed by atoms with Crippen molar-refractivity contribution in [3.63, 3.8) is 0 Å². The Morgan fingerprint density at radius 1 is 1.00 bits per heavy atom. The van der Waals surface area contributed by atoms with Crippen LogP contribution in [0.3, 0.4) is 0 Å². The maximum absolute atomic E-state index is 12.1. The van der Waals surface area contributed by atoms with Crippen molar-refractivity contribution in [1.29, 1.82) is 0 Å². The maximum Gasteiger partial charge on any atom is 0.256 e. The summed E-state index contributed by atoms with van der Waals surface area (Å²) in [6.07, 6.45) is 0. The van der Waals surface area contributed by atoms with Gasteiger partial charge in [0.2, 0.25) is 0 Å². The summed E-state index contributed by atoms with van der Waals surface area (Å²) < 4.78 is 5.31. The molecule has 2 aromatic carbocycles. The van der Waals surface area contributed by atoms with Crippen molar-refractivity contribution in [1.82, 2.24) is 10.2 Å². The van der Waals surface area contributed by atoms with Gasteiger partial charge in [0.25, 0.3) is 5.91 Å². The van der Waals surface area contributed by atoms with E-state index in [0.717, 1.165) is 11.3 Å². The number of aromatic nitrogens is 2. The Hall–Kier alpha value is -3.12. The molecular formula is C19H17ClN4O2. The number of anilines is 2. The van der Waals surface area contributed by atoms with E-state index in [1.165, 1.54) is 0 Å². The first-order valence-corrected chi connectivity index (χ1v) is 8.30. The minimum Gasteiger partial charge on any atom is -0.496 e. The molecule has 2 N–H and O–H groups in total. The van der Waals surface area contributed by atoms with Crippen molar-refractivity contribution in [2.75, 3.05) is 17.7 Å². The minimum atomic E-state index is -0.273. The predicted octanol–water partition coefficient (Wildman–Crippen LogP) is 4.00. The number of rotatable bonds is 6. The van der Waals surface area contributed by atoms with Gasteiger partial charge in [0, 0.05) is 22.7 Å². The van der Waals surface area contributed by atoms with Gasteiger partial charge in [-0.2, -0.15) is 0 Å². The molecule has 0 bridgehead atoms. The monoisotopic (exact) mass is 368 g/mol. The van der Waals surface area contributed by atoms with E-state index in [-0.39, 0.29) is 5.91 Å². The van der Waals surface area contributed by atoms with Crippen LogP contribution >= 0.6 is 11.6 Å². The molecule has 26 heavy (non-hydrogen) atoms. The highest BCUT2D eigenvalue weighted by Gasteiger charge is 2.07. The second-order valence-corrected chi connectivity index (χ2v) is 5.87. The van der Waals surface area contributed by atoms with Crippen molar-refractivity contribution in [2.45, 2.75) is 6.54 Å². The van der Waals surface area contributed by atoms with E-state index in [9.17, 15) is 4.79 Å². The van der Waals surface area contributed by atoms with Gasteiger partial charge in [-0.3, -0.25) is 4.79 Å². The van der Waals surface area contributed by atoms with Crippen LogP contribution in [-0.4, -0.2) is 23.2 Å². The molecule has 132 valence electrons. The number of halogens is 1. The molecule has 0 saturated carbocycles. The van der Waals surface area contributed by atoms with Crippen LogP contribution in [0.5, 0.6) is 5.75 Å². The fourth-order valence-electron chi connectivity index (χ4n) is 2.32. The summed E-state index contributed by atoms with van der Waals surface area (Å²) in [5.74, 6) is 1.50. The average molecular weight is 369 g/mol. The predicted molar refractivity (Wildman–Crippen MR) is 102 cm³/mol. The average Bonchev–Trinajstić information content (AvgIpc) is 2.68. The lowest BCUT2D eigenvalue weighted by atomic mass is 10.2. The zero-order chi connectivity index (χ0) is 18.4. The molecule has 0 saturated heterocycles. The van der Waals surface area contributed by atoms with Crippen LogP contribution in [0, 0.1) is 0 Å². The summed E-state index contributed by atoms with van der Waals surface area (Å²) in [7, 11) is 1.64. The molecule has 0 aliphatic carbocycles. The molecule has 0 aliphatic heterocycles. The molecule has 0 atom stereocenters. The van der Waals surface area contributed by atoms with Gasteiger partial charge in [0.1, 0.15) is 11.6 Å². The minimum absolute atomic E-state index is 0.273. The van der Waals surface area contributed by atoms with Crippen LogP contribution in [0.15, 0.2) is 60.7 Å². The summed E-state index contributed by atoms with van der Waals surface area (Å²) >= 11 is 5.82. The SMILES string of the molecule is COc1ccccc1CNc1ccc(NC(=O)c2ccc(Cl)cc2)nn1. The summed E-state index contributed by atoms with van der Waals surface area (Å²) in [6, 6.07) is 17.8. The summed E-state index contributed by atoms with van der Waals surface area (Å²) in [5.41, 5.74) is 1.51. The van der Waals surface area contributed by atoms with Crippen molar-refractivity contribution in [3.8, 4) is 5.75 Å². The Morgan fingerprint density at radius 3 is 2.38 bits per heavy atom. The number of nitrogens with zero attached hydrogens (tertiary/aromatic N) is 2. The molecule has 3 aromatic rings. The van der Waals surface area contributed by atoms with E-state index in [2.05, 4.69) is 20.8 Å². The molecule has 0 unspecified atom stereocenters. The molecular weight excluding hydrogens is 352 g/mol. The third-order valence-corrected chi connectivity index (χ3v) is 3.92. The summed E-state index contributed by atoms with van der Waals surface area (Å²) in [6.45, 7) is 0.551. The van der Waals surface area contributed by atoms with Crippen LogP contribution in [0.25, 0.3) is 0 Å². The molecule has 0 spiro atoms. The quantitative estimate of drug-likeness (QED) is 0.687. The highest BCUT2D eigenvalue weighted by Crippen LogP contribution is 2.18. The Bertz CT molecular complexity index is 883. The molecule has 0 fully saturated rings. The third-order valence-electron chi connectivity index (χ3n) is 3.67. The molecule has 3 rings (SSSR count). The summed E-state index contributed by atoms with van der Waals surface area (Å²) in [4.78, 5) is 12.1. The topological polar surface area (TPSA) is 76.1 Å². The van der Waals surface area contributed by atoms with Crippen LogP contribution in [0.4, 0.5) is 11.6 Å². The molecule has 1 aromatic heterocycles. The van der Waals surface area contributed by atoms with Crippen molar-refractivity contribution < 1.29 is 9.53 Å². The molecule has 1 amide bonds. The Balaban J connectivity index is 1.59. The number of carbonyl (C=O) groups is 1. The van der Waals surface area contributed by atoms with E-state index in [4.69, 9.17) is 16.3 Å². The number of para-hydroxylation sites is 1. The van der Waals surface area contributed by atoms with E-state index in [1.807, 2.05) is 24.3 Å². The smallest absolute Gasteiger partial charge is 0.256 e. The first kappa shape index (κ1) is 17.7. The van der Waals surface area contributed by atoms with Crippen LogP contribution in [-0.2, 0) is 6.54 Å². The number of benzene rings is 2. The molecule has 7 heteroatoms. The lowest BCUT2D eigenvalue weighted by Crippen LogP contribution is -2.13. The van der Waals surface area contributed by atoms with Gasteiger partial charge < -0.3 is 15.4 Å². The lowest BCUT2D eigenvalue weighted by molar-refractivity contribution is 0.102. The van der Waals surface area contributed by atoms with E-state index >= 15 is 0 Å². The van der Waals surface area contributed by atoms with Gasteiger partial charge in [-0.15, -0.1) is 10.2 Å². The Labute approximate surface area is 156 Å². The largest absolute Gasteiger partial charge is 0.496 e. The second-order valence-electron chi connectivity index (χ2n) is 5.43. The van der Waals surface area contributed by atoms with Gasteiger partial charge in [-0.05, 0) is 42.5 Å². The highest BCUT2D eigenvalue weighted by atomic mass is 35.5. The highest BCUT2D eigenvalue weighted by molar-refractivity contribution is 6.30. The van der Waals surface area contributed by atoms with Crippen molar-refractivity contribution in [2.24, 2.45) is 0 Å². The maximum atomic E-state index is 12.1. The zero-order valence-electron chi connectivity index (χ0n) is 14.1. The first-order valence-electron chi connectivity index (χ1n) is 7.92. The summed E-state index contributed by atoms with van der Waals surface area (Å²) in [5, 5.41) is 14.5. The number of amides is 1. The number of nitrogens with one attached hydrogen (secondary N) is 2. The van der Waals surface area contributed by atoms with E-state index in [1.54, 1.807) is 43.5 Å². The molecule has 0 aliphatic rings. The normalized spacial score (nSPS) is 10.2. The first-order chi connectivity index (χ1) is 12.7. The zero-order valence-corrected chi connectivity index (χ0v) is 14.8. The van der Waals surface area contributed by atoms with Gasteiger partial charge in [-0.25, -0.2) is 0 Å². The molecule has 6 nitrogen and oxygen atoms in total. The van der Waals surface area contributed by atoms with Gasteiger partial charge in [0.05, 0.1) is 7.11 Å². The number of hydrogen-bond donors (Lipinski definition) is 2. The number of ether oxygens (including phenoxy) is 1. The van der Waals surface area contributed by atoms with E-state index < -0.39 is 0 Å². The van der Waals surface area contributed by atoms with Crippen LogP contribution < -0.4 is 15.4 Å².